The van der Waals surface area contributed by atoms with Crippen LogP contribution in [0, 0.1) is 0 Å². The molecule has 0 aliphatic heterocycles. The molecule has 0 radical (unpaired) electrons. The van der Waals surface area contributed by atoms with Crippen molar-refractivity contribution >= 4 is 56.1 Å². The second kappa shape index (κ2) is 27.8. The molecule has 0 N–H and O–H groups in total. The van der Waals surface area contributed by atoms with Gasteiger partial charge in [-0.2, -0.15) is 0 Å². The Balaban J connectivity index is 0.602. The summed E-state index contributed by atoms with van der Waals surface area (Å²) in [6.07, 6.45) is 0. The summed E-state index contributed by atoms with van der Waals surface area (Å²) in [6, 6.07) is 158. The monoisotopic (exact) mass is 1510 g/mol. The second-order valence-corrected chi connectivity index (χ2v) is 32.9. The first kappa shape index (κ1) is 70.0. The lowest BCUT2D eigenvalue weighted by Crippen LogP contribution is -2.28. The minimum absolute atomic E-state index is 0.135. The van der Waals surface area contributed by atoms with E-state index in [0.29, 0.717) is 0 Å². The van der Waals surface area contributed by atoms with Crippen molar-refractivity contribution in [1.82, 2.24) is 0 Å². The average molecular weight is 1510 g/mol. The SMILES string of the molecule is CC1(C)c2cc(-c3cccc4c3C(C)(C)c3ccccc3-4)ccc2-c2c(N(c3ccc(-c4ccc(-c5ccc(-c6ccc7c(c6)C(c6ccccc6)(c6ccccc6)c6cccc(N(c8ccc(-c9ccccc9)cc8)c8ccc(-c9cccc%10c9oc9ccccc9%10)cc8)c6-7)cc5)cc4)cc3)c3ccccc3-c3ccccc3)cccc21. The van der Waals surface area contributed by atoms with Gasteiger partial charge in [-0.05, 0) is 206 Å². The van der Waals surface area contributed by atoms with E-state index in [2.05, 4.69) is 456 Å². The predicted octanol–water partition coefficient (Wildman–Crippen LogP) is 31.2. The van der Waals surface area contributed by atoms with Crippen LogP contribution in [0.2, 0.25) is 0 Å². The summed E-state index contributed by atoms with van der Waals surface area (Å²) in [5.41, 5.74) is 41.6. The first-order valence-corrected chi connectivity index (χ1v) is 41.2. The standard InChI is InChI=1S/C115H82N2O/c1-113(2)101-43-25-47-107(109(101)98-72-64-85(74-103(98)113)92-38-23-40-96-94-36-17-20-42-100(94)114(3,4)111(92)96)117(105-45-21-18-35-91(105)82-29-11-6-12-30-82)90-67-59-80(60-68-90)78-51-49-76(50-52-78)77-53-55-81(56-54-77)84-63-71-99-104(73-84)115(86-31-13-7-14-32-86,87-33-15-8-16-34-87)102-44-26-46-106(110(99)102)116(88-65-57-79(58-66-88)75-27-9-5-10-28-75)89-69-61-83(62-70-89)93-39-24-41-97-95-37-19-22-48-108(95)118-112(93)97/h5-74H,1-4H3. The van der Waals surface area contributed by atoms with Crippen molar-refractivity contribution in [2.24, 2.45) is 0 Å². The molecule has 0 saturated heterocycles. The highest BCUT2D eigenvalue weighted by molar-refractivity contribution is 6.10. The number of benzene rings is 18. The summed E-state index contributed by atoms with van der Waals surface area (Å²) in [6.45, 7) is 9.61. The zero-order valence-corrected chi connectivity index (χ0v) is 66.2. The molecule has 3 heteroatoms. The highest BCUT2D eigenvalue weighted by Gasteiger charge is 2.48. The number of para-hydroxylation sites is 3. The molecule has 18 aromatic carbocycles. The van der Waals surface area contributed by atoms with Gasteiger partial charge < -0.3 is 14.2 Å². The van der Waals surface area contributed by atoms with Crippen LogP contribution >= 0.6 is 0 Å². The second-order valence-electron chi connectivity index (χ2n) is 32.9. The van der Waals surface area contributed by atoms with E-state index >= 15 is 0 Å². The van der Waals surface area contributed by atoms with Crippen molar-refractivity contribution in [3.8, 4) is 111 Å². The minimum Gasteiger partial charge on any atom is -0.455 e. The molecule has 0 saturated carbocycles. The van der Waals surface area contributed by atoms with E-state index in [1.165, 1.54) is 106 Å². The fraction of sp³-hybridized carbons (Fsp3) is 0.0609. The van der Waals surface area contributed by atoms with Crippen LogP contribution in [-0.2, 0) is 16.2 Å². The molecule has 0 amide bonds. The van der Waals surface area contributed by atoms with Crippen LogP contribution in [0.15, 0.2) is 429 Å². The zero-order chi connectivity index (χ0) is 78.8. The topological polar surface area (TPSA) is 19.6 Å². The van der Waals surface area contributed by atoms with Crippen LogP contribution in [0.25, 0.3) is 133 Å². The Kier molecular flexibility index (Phi) is 16.5. The third kappa shape index (κ3) is 11.2. The van der Waals surface area contributed by atoms with Crippen LogP contribution in [0.1, 0.15) is 72.2 Å². The molecule has 3 aliphatic carbocycles. The maximum Gasteiger partial charge on any atom is 0.143 e. The average Bonchev–Trinajstić information content (AvgIpc) is 1.85. The van der Waals surface area contributed by atoms with Crippen LogP contribution < -0.4 is 9.80 Å². The van der Waals surface area contributed by atoms with Gasteiger partial charge in [0.25, 0.3) is 0 Å². The highest BCUT2D eigenvalue weighted by Crippen LogP contribution is 2.62. The molecule has 0 bridgehead atoms. The van der Waals surface area contributed by atoms with Gasteiger partial charge >= 0.3 is 0 Å². The van der Waals surface area contributed by atoms with Crippen molar-refractivity contribution in [3.05, 3.63) is 469 Å². The third-order valence-corrected chi connectivity index (χ3v) is 25.8. The van der Waals surface area contributed by atoms with Gasteiger partial charge in [0.05, 0.1) is 22.5 Å². The number of hydrogen-bond donors (Lipinski definition) is 0. The zero-order valence-electron chi connectivity index (χ0n) is 66.2. The molecule has 3 aliphatic rings. The van der Waals surface area contributed by atoms with Crippen molar-refractivity contribution < 1.29 is 4.42 Å². The van der Waals surface area contributed by atoms with E-state index in [4.69, 9.17) is 4.42 Å². The molecular formula is C115H82N2O. The Bertz CT molecular complexity index is 7060. The summed E-state index contributed by atoms with van der Waals surface area (Å²) < 4.78 is 6.61. The molecule has 22 rings (SSSR count). The maximum absolute atomic E-state index is 6.61. The molecule has 118 heavy (non-hydrogen) atoms. The Labute approximate surface area is 690 Å². The normalized spacial score (nSPS) is 13.5. The predicted molar refractivity (Wildman–Crippen MR) is 494 cm³/mol. The van der Waals surface area contributed by atoms with Crippen molar-refractivity contribution in [1.29, 1.82) is 0 Å². The van der Waals surface area contributed by atoms with Gasteiger partial charge in [0.1, 0.15) is 11.2 Å². The van der Waals surface area contributed by atoms with Crippen molar-refractivity contribution in [3.63, 3.8) is 0 Å². The minimum atomic E-state index is -0.680. The number of hydrogen-bond acceptors (Lipinski definition) is 3. The summed E-state index contributed by atoms with van der Waals surface area (Å²) in [5.74, 6) is 0. The number of anilines is 6. The third-order valence-electron chi connectivity index (χ3n) is 25.8. The molecule has 558 valence electrons. The summed E-state index contributed by atoms with van der Waals surface area (Å²) in [4.78, 5) is 4.97. The molecule has 1 heterocycles. The number of furan rings is 1. The fourth-order valence-corrected chi connectivity index (χ4v) is 20.2. The van der Waals surface area contributed by atoms with Crippen molar-refractivity contribution in [2.75, 3.05) is 9.80 Å². The molecule has 0 fully saturated rings. The van der Waals surface area contributed by atoms with Gasteiger partial charge in [0.15, 0.2) is 0 Å². The lowest BCUT2D eigenvalue weighted by Gasteiger charge is -2.34. The quantitative estimate of drug-likeness (QED) is 0.102. The Morgan fingerprint density at radius 1 is 0.212 bits per heavy atom. The molecule has 19 aromatic rings. The van der Waals surface area contributed by atoms with Gasteiger partial charge in [0.2, 0.25) is 0 Å². The first-order valence-electron chi connectivity index (χ1n) is 41.2. The summed E-state index contributed by atoms with van der Waals surface area (Å²) >= 11 is 0. The maximum atomic E-state index is 6.61. The van der Waals surface area contributed by atoms with Gasteiger partial charge in [-0.1, -0.05) is 380 Å². The highest BCUT2D eigenvalue weighted by atomic mass is 16.3. The van der Waals surface area contributed by atoms with E-state index in [0.717, 1.165) is 106 Å². The smallest absolute Gasteiger partial charge is 0.143 e. The Morgan fingerprint density at radius 3 is 1.22 bits per heavy atom. The molecular weight excluding hydrogens is 1430 g/mol. The fourth-order valence-electron chi connectivity index (χ4n) is 20.2. The Hall–Kier alpha value is -14.6. The molecule has 1 aromatic heterocycles. The number of rotatable bonds is 15. The molecule has 3 nitrogen and oxygen atoms in total. The number of nitrogens with zero attached hydrogens (tertiary/aromatic N) is 2. The van der Waals surface area contributed by atoms with Crippen LogP contribution in [0.3, 0.4) is 0 Å². The number of fused-ring (bicyclic) bond motifs is 12. The largest absolute Gasteiger partial charge is 0.455 e. The van der Waals surface area contributed by atoms with Crippen molar-refractivity contribution in [2.45, 2.75) is 43.9 Å². The van der Waals surface area contributed by atoms with E-state index in [-0.39, 0.29) is 10.8 Å². The van der Waals surface area contributed by atoms with Gasteiger partial charge in [-0.25, -0.2) is 0 Å². The molecule has 0 atom stereocenters. The lowest BCUT2D eigenvalue weighted by molar-refractivity contribution is 0.659. The van der Waals surface area contributed by atoms with Gasteiger partial charge in [0, 0.05) is 60.9 Å². The summed E-state index contributed by atoms with van der Waals surface area (Å²) in [5, 5.41) is 2.23. The van der Waals surface area contributed by atoms with E-state index in [1.807, 2.05) is 6.07 Å². The van der Waals surface area contributed by atoms with Gasteiger partial charge in [-0.15, -0.1) is 0 Å². The lowest BCUT2D eigenvalue weighted by atomic mass is 9.67. The first-order chi connectivity index (χ1) is 58.0. The van der Waals surface area contributed by atoms with E-state index < -0.39 is 5.41 Å². The van der Waals surface area contributed by atoms with E-state index in [9.17, 15) is 0 Å². The van der Waals surface area contributed by atoms with Crippen LogP contribution in [0.4, 0.5) is 34.1 Å². The molecule has 0 unspecified atom stereocenters. The van der Waals surface area contributed by atoms with Crippen LogP contribution in [-0.4, -0.2) is 0 Å². The van der Waals surface area contributed by atoms with E-state index in [1.54, 1.807) is 0 Å². The Morgan fingerprint density at radius 2 is 0.593 bits per heavy atom. The van der Waals surface area contributed by atoms with Gasteiger partial charge in [-0.3, -0.25) is 0 Å². The summed E-state index contributed by atoms with van der Waals surface area (Å²) in [7, 11) is 0. The van der Waals surface area contributed by atoms with Crippen LogP contribution in [0.5, 0.6) is 0 Å². The molecule has 0 spiro atoms.